The van der Waals surface area contributed by atoms with Crippen molar-refractivity contribution in [3.05, 3.63) is 59.4 Å². The Morgan fingerprint density at radius 2 is 1.89 bits per heavy atom. The number of aromatic nitrogens is 2. The third-order valence-corrected chi connectivity index (χ3v) is 6.43. The molecule has 1 heterocycles. The van der Waals surface area contributed by atoms with Gasteiger partial charge in [0.05, 0.1) is 17.6 Å². The summed E-state index contributed by atoms with van der Waals surface area (Å²) in [5, 5.41) is 3.01. The summed E-state index contributed by atoms with van der Waals surface area (Å²) in [6.45, 7) is 11.0. The summed E-state index contributed by atoms with van der Waals surface area (Å²) in [6, 6.07) is 14.9. The largest absolute Gasteiger partial charge is 0.493 e. The number of aryl methyl sites for hydroxylation is 3. The molecule has 0 atom stereocenters. The molecule has 5 heteroatoms. The summed E-state index contributed by atoms with van der Waals surface area (Å²) >= 11 is 0. The normalized spacial score (nSPS) is 11.3. The van der Waals surface area contributed by atoms with Crippen molar-refractivity contribution in [1.29, 1.82) is 0 Å². The van der Waals surface area contributed by atoms with Crippen LogP contribution in [-0.2, 0) is 17.8 Å². The quantitative estimate of drug-likeness (QED) is 0.241. The Morgan fingerprint density at radius 3 is 2.69 bits per heavy atom. The number of nitrogens with one attached hydrogen (secondary N) is 1. The number of amides is 1. The maximum Gasteiger partial charge on any atom is 0.219 e. The van der Waals surface area contributed by atoms with Crippen LogP contribution in [0, 0.1) is 6.92 Å². The van der Waals surface area contributed by atoms with E-state index in [2.05, 4.69) is 73.1 Å². The molecule has 0 aliphatic carbocycles. The number of imidazole rings is 1. The maximum atomic E-state index is 11.6. The van der Waals surface area contributed by atoms with E-state index in [4.69, 9.17) is 9.72 Å². The van der Waals surface area contributed by atoms with E-state index in [9.17, 15) is 4.79 Å². The molecule has 35 heavy (non-hydrogen) atoms. The summed E-state index contributed by atoms with van der Waals surface area (Å²) in [5.41, 5.74) is 4.81. The molecule has 0 aliphatic heterocycles. The van der Waals surface area contributed by atoms with Gasteiger partial charge in [-0.15, -0.1) is 0 Å². The minimum atomic E-state index is 0.168. The van der Waals surface area contributed by atoms with Crippen LogP contribution in [0.25, 0.3) is 11.0 Å². The molecule has 0 saturated heterocycles. The molecule has 0 unspecified atom stereocenters. The number of para-hydroxylation sites is 2. The minimum Gasteiger partial charge on any atom is -0.493 e. The van der Waals surface area contributed by atoms with Crippen molar-refractivity contribution in [3.63, 3.8) is 0 Å². The van der Waals surface area contributed by atoms with Gasteiger partial charge < -0.3 is 14.6 Å². The zero-order valence-corrected chi connectivity index (χ0v) is 22.1. The number of carbonyl (C=O) groups excluding carboxylic acids is 1. The first-order valence-electron chi connectivity index (χ1n) is 13.4. The summed E-state index contributed by atoms with van der Waals surface area (Å²) in [6.07, 6.45) is 7.76. The van der Waals surface area contributed by atoms with Crippen molar-refractivity contribution in [2.45, 2.75) is 91.5 Å². The highest BCUT2D eigenvalue weighted by atomic mass is 16.5. The Labute approximate surface area is 211 Å². The van der Waals surface area contributed by atoms with Gasteiger partial charge >= 0.3 is 0 Å². The molecular formula is C30H43N3O2. The van der Waals surface area contributed by atoms with E-state index >= 15 is 0 Å². The summed E-state index contributed by atoms with van der Waals surface area (Å²) in [4.78, 5) is 16.5. The van der Waals surface area contributed by atoms with Crippen LogP contribution in [0.15, 0.2) is 42.5 Å². The average molecular weight is 478 g/mol. The molecule has 3 rings (SSSR count). The van der Waals surface area contributed by atoms with Crippen LogP contribution in [-0.4, -0.2) is 28.6 Å². The smallest absolute Gasteiger partial charge is 0.219 e. The third kappa shape index (κ3) is 8.12. The molecule has 3 aromatic rings. The van der Waals surface area contributed by atoms with Crippen LogP contribution in [0.1, 0.15) is 88.6 Å². The molecule has 0 saturated carbocycles. The van der Waals surface area contributed by atoms with Gasteiger partial charge in [-0.1, -0.05) is 51.5 Å². The highest BCUT2D eigenvalue weighted by Gasteiger charge is 2.11. The van der Waals surface area contributed by atoms with Gasteiger partial charge in [-0.2, -0.15) is 0 Å². The second kappa shape index (κ2) is 13.9. The van der Waals surface area contributed by atoms with Gasteiger partial charge in [0.15, 0.2) is 0 Å². The number of ether oxygens (including phenoxy) is 1. The highest BCUT2D eigenvalue weighted by Crippen LogP contribution is 2.27. The SMILES string of the molecule is CCCC(=O)NCCCCCc1nc2ccccc2n1CCCCOc1cc(C)ccc1C(C)C. The second-order valence-electron chi connectivity index (χ2n) is 9.83. The Kier molecular flexibility index (Phi) is 10.6. The highest BCUT2D eigenvalue weighted by molar-refractivity contribution is 5.76. The molecule has 1 amide bonds. The lowest BCUT2D eigenvalue weighted by Crippen LogP contribution is -2.23. The van der Waals surface area contributed by atoms with E-state index in [1.54, 1.807) is 0 Å². The monoisotopic (exact) mass is 477 g/mol. The van der Waals surface area contributed by atoms with Crippen molar-refractivity contribution >= 4 is 16.9 Å². The Bertz CT molecular complexity index is 1070. The number of hydrogen-bond acceptors (Lipinski definition) is 3. The van der Waals surface area contributed by atoms with Gasteiger partial charge in [0.1, 0.15) is 11.6 Å². The number of unbranched alkanes of at least 4 members (excludes halogenated alkanes) is 3. The van der Waals surface area contributed by atoms with Crippen LogP contribution < -0.4 is 10.1 Å². The van der Waals surface area contributed by atoms with E-state index in [1.807, 2.05) is 6.92 Å². The molecule has 0 fully saturated rings. The van der Waals surface area contributed by atoms with Crippen molar-refractivity contribution < 1.29 is 9.53 Å². The average Bonchev–Trinajstić information content (AvgIpc) is 3.18. The van der Waals surface area contributed by atoms with Crippen LogP contribution in [0.2, 0.25) is 0 Å². The fourth-order valence-corrected chi connectivity index (χ4v) is 4.49. The van der Waals surface area contributed by atoms with E-state index in [0.717, 1.165) is 75.9 Å². The third-order valence-electron chi connectivity index (χ3n) is 6.43. The van der Waals surface area contributed by atoms with Crippen LogP contribution in [0.4, 0.5) is 0 Å². The molecule has 190 valence electrons. The first kappa shape index (κ1) is 26.8. The molecule has 5 nitrogen and oxygen atoms in total. The van der Waals surface area contributed by atoms with Crippen molar-refractivity contribution in [3.8, 4) is 5.75 Å². The predicted octanol–water partition coefficient (Wildman–Crippen LogP) is 6.96. The molecular weight excluding hydrogens is 434 g/mol. The molecule has 1 aromatic heterocycles. The molecule has 0 bridgehead atoms. The van der Waals surface area contributed by atoms with Gasteiger partial charge in [0.2, 0.25) is 5.91 Å². The molecule has 0 aliphatic rings. The Morgan fingerprint density at radius 1 is 1.06 bits per heavy atom. The standard InChI is InChI=1S/C30H43N3O2/c1-5-13-30(34)31-19-10-6-7-16-29-32-26-14-8-9-15-27(26)33(29)20-11-12-21-35-28-22-24(4)17-18-25(28)23(2)3/h8-9,14-15,17-18,22-23H,5-7,10-13,16,19-21H2,1-4H3,(H,31,34). The number of nitrogens with zero attached hydrogens (tertiary/aromatic N) is 2. The van der Waals surface area contributed by atoms with Gasteiger partial charge in [0, 0.05) is 25.9 Å². The number of benzene rings is 2. The number of fused-ring (bicyclic) bond motifs is 1. The lowest BCUT2D eigenvalue weighted by molar-refractivity contribution is -0.121. The zero-order chi connectivity index (χ0) is 25.0. The van der Waals surface area contributed by atoms with Crippen LogP contribution >= 0.6 is 0 Å². The van der Waals surface area contributed by atoms with Crippen molar-refractivity contribution in [1.82, 2.24) is 14.9 Å². The second-order valence-corrected chi connectivity index (χ2v) is 9.83. The van der Waals surface area contributed by atoms with E-state index < -0.39 is 0 Å². The summed E-state index contributed by atoms with van der Waals surface area (Å²) < 4.78 is 8.59. The topological polar surface area (TPSA) is 56.2 Å². The van der Waals surface area contributed by atoms with Gasteiger partial charge in [-0.05, 0) is 74.3 Å². The lowest BCUT2D eigenvalue weighted by Gasteiger charge is -2.15. The summed E-state index contributed by atoms with van der Waals surface area (Å²) in [7, 11) is 0. The van der Waals surface area contributed by atoms with Gasteiger partial charge in [-0.25, -0.2) is 4.98 Å². The number of carbonyl (C=O) groups is 1. The van der Waals surface area contributed by atoms with Crippen LogP contribution in [0.5, 0.6) is 5.75 Å². The van der Waals surface area contributed by atoms with Crippen molar-refractivity contribution in [2.24, 2.45) is 0 Å². The first-order chi connectivity index (χ1) is 17.0. The van der Waals surface area contributed by atoms with Crippen molar-refractivity contribution in [2.75, 3.05) is 13.2 Å². The Hall–Kier alpha value is -2.82. The maximum absolute atomic E-state index is 11.6. The summed E-state index contributed by atoms with van der Waals surface area (Å²) in [5.74, 6) is 2.82. The van der Waals surface area contributed by atoms with Gasteiger partial charge in [-0.3, -0.25) is 4.79 Å². The van der Waals surface area contributed by atoms with Crippen LogP contribution in [0.3, 0.4) is 0 Å². The Balaban J connectivity index is 1.49. The number of rotatable bonds is 15. The fraction of sp³-hybridized carbons (Fsp3) is 0.533. The van der Waals surface area contributed by atoms with E-state index in [1.165, 1.54) is 22.5 Å². The molecule has 1 N–H and O–H groups in total. The number of hydrogen-bond donors (Lipinski definition) is 1. The molecule has 2 aromatic carbocycles. The first-order valence-corrected chi connectivity index (χ1v) is 13.4. The van der Waals surface area contributed by atoms with E-state index in [-0.39, 0.29) is 5.91 Å². The van der Waals surface area contributed by atoms with E-state index in [0.29, 0.717) is 12.3 Å². The predicted molar refractivity (Wildman–Crippen MR) is 145 cm³/mol. The van der Waals surface area contributed by atoms with Gasteiger partial charge in [0.25, 0.3) is 0 Å². The molecule has 0 spiro atoms. The molecule has 0 radical (unpaired) electrons. The fourth-order valence-electron chi connectivity index (χ4n) is 4.49. The minimum absolute atomic E-state index is 0.168. The lowest BCUT2D eigenvalue weighted by atomic mass is 10.0. The zero-order valence-electron chi connectivity index (χ0n) is 22.1.